The highest BCUT2D eigenvalue weighted by atomic mass is 35.5. The van der Waals surface area contributed by atoms with Crippen molar-refractivity contribution in [2.45, 2.75) is 23.0 Å². The van der Waals surface area contributed by atoms with E-state index in [-0.39, 0.29) is 53.7 Å². The van der Waals surface area contributed by atoms with E-state index >= 15 is 0 Å². The molecule has 1 aromatic rings. The van der Waals surface area contributed by atoms with Crippen molar-refractivity contribution < 1.29 is 23.1 Å². The average Bonchev–Trinajstić information content (AvgIpc) is 3.16. The molecule has 0 radical (unpaired) electrons. The van der Waals surface area contributed by atoms with Crippen LogP contribution >= 0.6 is 11.6 Å². The number of aliphatic hydroxyl groups excluding tert-OH is 1. The van der Waals surface area contributed by atoms with Crippen LogP contribution in [0.4, 0.5) is 0 Å². The molecule has 9 nitrogen and oxygen atoms in total. The summed E-state index contributed by atoms with van der Waals surface area (Å²) in [6.45, 7) is 3.10. The summed E-state index contributed by atoms with van der Waals surface area (Å²) in [7, 11) is -3.75. The van der Waals surface area contributed by atoms with Gasteiger partial charge in [-0.2, -0.15) is 0 Å². The van der Waals surface area contributed by atoms with Crippen LogP contribution in [0.3, 0.4) is 0 Å². The number of aliphatic imine (C=N–C) groups is 1. The van der Waals surface area contributed by atoms with Crippen LogP contribution in [-0.2, 0) is 19.4 Å². The van der Waals surface area contributed by atoms with Crippen molar-refractivity contribution >= 4 is 34.1 Å². The van der Waals surface area contributed by atoms with Crippen LogP contribution in [0.25, 0.3) is 0 Å². The van der Waals surface area contributed by atoms with Crippen LogP contribution in [-0.4, -0.2) is 44.7 Å². The Labute approximate surface area is 180 Å². The topological polar surface area (TPSA) is 157 Å². The minimum atomic E-state index is -3.75. The van der Waals surface area contributed by atoms with Crippen molar-refractivity contribution in [3.63, 3.8) is 0 Å². The molecule has 0 bridgehead atoms. The number of hydrogen-bond acceptors (Lipinski definition) is 8. The summed E-state index contributed by atoms with van der Waals surface area (Å²) in [6.07, 6.45) is 2.78. The minimum absolute atomic E-state index is 0.00958. The van der Waals surface area contributed by atoms with Gasteiger partial charge >= 0.3 is 0 Å². The summed E-state index contributed by atoms with van der Waals surface area (Å²) in [5.74, 6) is -1.75. The van der Waals surface area contributed by atoms with Crippen LogP contribution in [0.5, 0.6) is 0 Å². The summed E-state index contributed by atoms with van der Waals surface area (Å²) in [4.78, 5) is 15.8. The van der Waals surface area contributed by atoms with E-state index in [1.54, 1.807) is 12.1 Å². The smallest absolute Gasteiger partial charge is 0.224 e. The largest absolute Gasteiger partial charge is 0.493 e. The molecule has 164 valence electrons. The number of nitrogens with zero attached hydrogens (tertiary/aromatic N) is 1. The van der Waals surface area contributed by atoms with Gasteiger partial charge in [0.2, 0.25) is 11.8 Å². The lowest BCUT2D eigenvalue weighted by Gasteiger charge is -2.18. The fraction of sp³-hybridized carbons (Fsp3) is 0.368. The number of benzene rings is 1. The molecule has 0 aliphatic heterocycles. The lowest BCUT2D eigenvalue weighted by Crippen LogP contribution is -2.37. The summed E-state index contributed by atoms with van der Waals surface area (Å²) in [6, 6.07) is 6.20. The molecule has 1 saturated carbocycles. The molecule has 0 spiro atoms. The van der Waals surface area contributed by atoms with Gasteiger partial charge in [0.1, 0.15) is 0 Å². The number of amides is 1. The normalized spacial score (nSPS) is 22.5. The molecule has 2 rings (SSSR count). The first kappa shape index (κ1) is 23.7. The average molecular weight is 457 g/mol. The van der Waals surface area contributed by atoms with E-state index in [4.69, 9.17) is 27.8 Å². The Morgan fingerprint density at radius 2 is 2.07 bits per heavy atom. The van der Waals surface area contributed by atoms with E-state index in [2.05, 4.69) is 17.0 Å². The summed E-state index contributed by atoms with van der Waals surface area (Å²) in [5, 5.41) is 11.1. The lowest BCUT2D eigenvalue weighted by molar-refractivity contribution is -0.126. The molecule has 0 saturated heterocycles. The number of rotatable bonds is 9. The van der Waals surface area contributed by atoms with Crippen LogP contribution in [0, 0.1) is 11.8 Å². The molecule has 11 heteroatoms. The standard InChI is InChI=1S/C19H25ClN4O5S/c1-23-18(25)7-6-17(22)29-10-12-8-13(9-14(12)19(26)24-11-21)30(27,28)16-5-3-2-4-15(16)20/h2-7,12-14,25H,1,8-11,21-22H2,(H,24,26)/b17-6+,18-7+/t12-,13-,14+/m0/s1. The maximum Gasteiger partial charge on any atom is 0.224 e. The molecule has 6 N–H and O–H groups in total. The first-order valence-electron chi connectivity index (χ1n) is 9.12. The zero-order chi connectivity index (χ0) is 22.3. The molecular weight excluding hydrogens is 432 g/mol. The van der Waals surface area contributed by atoms with E-state index in [1.807, 2.05) is 0 Å². The van der Waals surface area contributed by atoms with Crippen molar-refractivity contribution in [2.75, 3.05) is 13.3 Å². The van der Waals surface area contributed by atoms with Gasteiger partial charge in [-0.3, -0.25) is 4.79 Å². The van der Waals surface area contributed by atoms with Gasteiger partial charge in [0.25, 0.3) is 0 Å². The van der Waals surface area contributed by atoms with E-state index in [9.17, 15) is 18.3 Å². The second kappa shape index (κ2) is 10.5. The Kier molecular flexibility index (Phi) is 8.27. The van der Waals surface area contributed by atoms with Crippen LogP contribution in [0.15, 0.2) is 58.1 Å². The van der Waals surface area contributed by atoms with E-state index in [0.29, 0.717) is 0 Å². The first-order valence-corrected chi connectivity index (χ1v) is 11.0. The molecule has 1 aromatic carbocycles. The van der Waals surface area contributed by atoms with E-state index in [1.165, 1.54) is 24.3 Å². The zero-order valence-electron chi connectivity index (χ0n) is 16.2. The summed E-state index contributed by atoms with van der Waals surface area (Å²) < 4.78 is 31.7. The molecular formula is C19H25ClN4O5S. The predicted octanol–water partition coefficient (Wildman–Crippen LogP) is 1.46. The Hall–Kier alpha value is -2.56. The number of nitrogens with one attached hydrogen (secondary N) is 1. The fourth-order valence-electron chi connectivity index (χ4n) is 3.38. The van der Waals surface area contributed by atoms with Crippen LogP contribution in [0.2, 0.25) is 5.02 Å². The Morgan fingerprint density at radius 3 is 2.70 bits per heavy atom. The quantitative estimate of drug-likeness (QED) is 0.189. The van der Waals surface area contributed by atoms with Crippen LogP contribution < -0.4 is 16.8 Å². The molecule has 1 aliphatic carbocycles. The van der Waals surface area contributed by atoms with Crippen LogP contribution in [0.1, 0.15) is 12.8 Å². The van der Waals surface area contributed by atoms with Gasteiger partial charge in [-0.05, 0) is 31.7 Å². The maximum atomic E-state index is 13.1. The number of sulfone groups is 1. The minimum Gasteiger partial charge on any atom is -0.493 e. The molecule has 3 atom stereocenters. The molecule has 1 aliphatic rings. The second-order valence-electron chi connectivity index (χ2n) is 6.74. The summed E-state index contributed by atoms with van der Waals surface area (Å²) in [5.41, 5.74) is 11.1. The van der Waals surface area contributed by atoms with Gasteiger partial charge in [0, 0.05) is 24.0 Å². The van der Waals surface area contributed by atoms with Crippen molar-refractivity contribution in [1.29, 1.82) is 0 Å². The van der Waals surface area contributed by atoms with Gasteiger partial charge in [-0.15, -0.1) is 0 Å². The third-order valence-electron chi connectivity index (χ3n) is 4.87. The second-order valence-corrected chi connectivity index (χ2v) is 9.35. The zero-order valence-corrected chi connectivity index (χ0v) is 17.8. The van der Waals surface area contributed by atoms with E-state index < -0.39 is 26.9 Å². The van der Waals surface area contributed by atoms with Gasteiger partial charge in [-0.25, -0.2) is 13.4 Å². The van der Waals surface area contributed by atoms with Gasteiger partial charge in [0.05, 0.1) is 28.4 Å². The summed E-state index contributed by atoms with van der Waals surface area (Å²) >= 11 is 6.09. The monoisotopic (exact) mass is 456 g/mol. The highest BCUT2D eigenvalue weighted by Gasteiger charge is 2.45. The SMILES string of the molecule is C=N/C(O)=C\C=C(/N)OC[C@@H]1C[C@H](S(=O)(=O)c2ccccc2Cl)C[C@H]1C(=O)NCN. The van der Waals surface area contributed by atoms with Gasteiger partial charge in [-0.1, -0.05) is 23.7 Å². The number of carbonyl (C=O) groups excluding carboxylic acids is 1. The molecule has 1 amide bonds. The van der Waals surface area contributed by atoms with E-state index in [0.717, 1.165) is 0 Å². The number of carbonyl (C=O) groups is 1. The number of allylic oxidation sites excluding steroid dienone is 2. The number of hydrogen-bond donors (Lipinski definition) is 4. The Balaban J connectivity index is 2.21. The van der Waals surface area contributed by atoms with Crippen molar-refractivity contribution in [2.24, 2.45) is 28.3 Å². The number of aliphatic hydroxyl groups is 1. The lowest BCUT2D eigenvalue weighted by atomic mass is 9.96. The number of halogens is 1. The van der Waals surface area contributed by atoms with Crippen molar-refractivity contribution in [3.8, 4) is 0 Å². The third-order valence-corrected chi connectivity index (χ3v) is 7.54. The highest BCUT2D eigenvalue weighted by Crippen LogP contribution is 2.40. The van der Waals surface area contributed by atoms with Crippen molar-refractivity contribution in [3.05, 3.63) is 53.2 Å². The maximum absolute atomic E-state index is 13.1. The highest BCUT2D eigenvalue weighted by molar-refractivity contribution is 7.92. The molecule has 0 unspecified atom stereocenters. The van der Waals surface area contributed by atoms with Gasteiger partial charge < -0.3 is 26.6 Å². The predicted molar refractivity (Wildman–Crippen MR) is 114 cm³/mol. The number of nitrogens with two attached hydrogens (primary N) is 2. The third kappa shape index (κ3) is 5.74. The molecule has 30 heavy (non-hydrogen) atoms. The first-order chi connectivity index (χ1) is 14.2. The molecule has 0 heterocycles. The Morgan fingerprint density at radius 1 is 1.37 bits per heavy atom. The molecule has 1 fully saturated rings. The Bertz CT molecular complexity index is 948. The fourth-order valence-corrected chi connectivity index (χ4v) is 5.77. The number of ether oxygens (including phenoxy) is 1. The molecule has 0 aromatic heterocycles. The van der Waals surface area contributed by atoms with Gasteiger partial charge in [0.15, 0.2) is 15.7 Å². The van der Waals surface area contributed by atoms with Crippen molar-refractivity contribution in [1.82, 2.24) is 5.32 Å².